The molecule has 0 aliphatic carbocycles. The summed E-state index contributed by atoms with van der Waals surface area (Å²) in [6.45, 7) is 4.26. The van der Waals surface area contributed by atoms with Gasteiger partial charge < -0.3 is 15.5 Å². The number of pyridine rings is 1. The number of anilines is 2. The zero-order valence-electron chi connectivity index (χ0n) is 11.9. The Labute approximate surface area is 130 Å². The van der Waals surface area contributed by atoms with Crippen molar-refractivity contribution in [3.63, 3.8) is 0 Å². The lowest BCUT2D eigenvalue weighted by Gasteiger charge is -2.36. The highest BCUT2D eigenvalue weighted by molar-refractivity contribution is 6.31. The van der Waals surface area contributed by atoms with Crippen molar-refractivity contribution in [2.75, 3.05) is 36.0 Å². The van der Waals surface area contributed by atoms with Crippen LogP contribution >= 0.6 is 11.6 Å². The highest BCUT2D eigenvalue weighted by Crippen LogP contribution is 2.22. The fourth-order valence-corrected chi connectivity index (χ4v) is 2.81. The lowest BCUT2D eigenvalue weighted by Crippen LogP contribution is -2.46. The number of para-hydroxylation sites is 1. The van der Waals surface area contributed by atoms with Crippen molar-refractivity contribution in [2.45, 2.75) is 6.54 Å². The molecule has 0 spiro atoms. The number of halogens is 1. The maximum Gasteiger partial charge on any atom is 0.129 e. The number of piperazine rings is 1. The highest BCUT2D eigenvalue weighted by Gasteiger charge is 2.18. The minimum atomic E-state index is 0.372. The molecule has 110 valence electrons. The average molecular weight is 303 g/mol. The Hall–Kier alpha value is -1.78. The van der Waals surface area contributed by atoms with Crippen molar-refractivity contribution < 1.29 is 0 Å². The molecule has 21 heavy (non-hydrogen) atoms. The molecule has 2 N–H and O–H groups in total. The summed E-state index contributed by atoms with van der Waals surface area (Å²) in [6, 6.07) is 14.4. The normalized spacial score (nSPS) is 15.3. The number of hydrogen-bond acceptors (Lipinski definition) is 4. The molecule has 3 rings (SSSR count). The number of nitrogens with two attached hydrogens (primary N) is 1. The van der Waals surface area contributed by atoms with Crippen molar-refractivity contribution in [1.82, 2.24) is 4.98 Å². The second-order valence-corrected chi connectivity index (χ2v) is 5.52. The first-order valence-electron chi connectivity index (χ1n) is 7.18. The first-order valence-corrected chi connectivity index (χ1v) is 7.56. The van der Waals surface area contributed by atoms with E-state index in [1.807, 2.05) is 18.2 Å². The third kappa shape index (κ3) is 3.12. The van der Waals surface area contributed by atoms with Gasteiger partial charge in [0.25, 0.3) is 0 Å². The molecule has 2 aromatic rings. The minimum Gasteiger partial charge on any atom is -0.368 e. The van der Waals surface area contributed by atoms with Crippen LogP contribution in [0.1, 0.15) is 5.69 Å². The molecule has 0 radical (unpaired) electrons. The number of benzene rings is 1. The van der Waals surface area contributed by atoms with Gasteiger partial charge in [-0.3, -0.25) is 0 Å². The van der Waals surface area contributed by atoms with Crippen LogP contribution in [-0.2, 0) is 6.54 Å². The van der Waals surface area contributed by atoms with Gasteiger partial charge in [-0.2, -0.15) is 0 Å². The van der Waals surface area contributed by atoms with E-state index in [9.17, 15) is 0 Å². The van der Waals surface area contributed by atoms with Crippen LogP contribution in [0.15, 0.2) is 42.5 Å². The maximum atomic E-state index is 6.07. The fraction of sp³-hybridized carbons (Fsp3) is 0.312. The van der Waals surface area contributed by atoms with E-state index in [-0.39, 0.29) is 0 Å². The van der Waals surface area contributed by atoms with Gasteiger partial charge in [-0.15, -0.1) is 0 Å². The summed E-state index contributed by atoms with van der Waals surface area (Å²) in [4.78, 5) is 9.25. The zero-order valence-corrected chi connectivity index (χ0v) is 12.6. The summed E-state index contributed by atoms with van der Waals surface area (Å²) >= 11 is 6.07. The Kier molecular flexibility index (Phi) is 4.27. The van der Waals surface area contributed by atoms with E-state index < -0.39 is 0 Å². The highest BCUT2D eigenvalue weighted by atomic mass is 35.5. The quantitative estimate of drug-likeness (QED) is 0.946. The molecular formula is C16H19ClN4. The molecule has 1 saturated heterocycles. The van der Waals surface area contributed by atoms with E-state index in [0.717, 1.165) is 37.7 Å². The molecule has 0 unspecified atom stereocenters. The lowest BCUT2D eigenvalue weighted by atomic mass is 10.2. The van der Waals surface area contributed by atoms with E-state index >= 15 is 0 Å². The molecule has 1 aliphatic rings. The Bertz CT molecular complexity index is 594. The third-order valence-corrected chi connectivity index (χ3v) is 4.17. The van der Waals surface area contributed by atoms with Crippen LogP contribution in [0.3, 0.4) is 0 Å². The van der Waals surface area contributed by atoms with Gasteiger partial charge in [0, 0.05) is 38.4 Å². The predicted octanol–water partition coefficient (Wildman–Crippen LogP) is 2.52. The molecule has 5 heteroatoms. The van der Waals surface area contributed by atoms with E-state index in [1.54, 1.807) is 0 Å². The standard InChI is InChI=1S/C16H19ClN4/c17-14-6-7-16(19-15(14)12-18)21-10-8-20(9-11-21)13-4-2-1-3-5-13/h1-7H,8-12,18H2. The summed E-state index contributed by atoms with van der Waals surface area (Å²) in [5.41, 5.74) is 7.72. The van der Waals surface area contributed by atoms with Gasteiger partial charge >= 0.3 is 0 Å². The molecule has 1 aliphatic heterocycles. The maximum absolute atomic E-state index is 6.07. The van der Waals surface area contributed by atoms with Crippen molar-refractivity contribution in [1.29, 1.82) is 0 Å². The van der Waals surface area contributed by atoms with Gasteiger partial charge in [0.05, 0.1) is 10.7 Å². The fourth-order valence-electron chi connectivity index (χ4n) is 2.62. The number of hydrogen-bond donors (Lipinski definition) is 1. The molecule has 2 heterocycles. The van der Waals surface area contributed by atoms with Crippen molar-refractivity contribution in [2.24, 2.45) is 5.73 Å². The molecule has 1 aromatic heterocycles. The van der Waals surface area contributed by atoms with E-state index in [4.69, 9.17) is 17.3 Å². The van der Waals surface area contributed by atoms with Crippen LogP contribution in [-0.4, -0.2) is 31.2 Å². The second-order valence-electron chi connectivity index (χ2n) is 5.11. The van der Waals surface area contributed by atoms with Crippen molar-refractivity contribution in [3.05, 3.63) is 53.2 Å². The lowest BCUT2D eigenvalue weighted by molar-refractivity contribution is 0.646. The van der Waals surface area contributed by atoms with Crippen LogP contribution in [0.25, 0.3) is 0 Å². The topological polar surface area (TPSA) is 45.4 Å². The van der Waals surface area contributed by atoms with Crippen LogP contribution in [0.4, 0.5) is 11.5 Å². The Morgan fingerprint density at radius 1 is 0.952 bits per heavy atom. The first kappa shape index (κ1) is 14.2. The molecule has 0 bridgehead atoms. The molecule has 1 fully saturated rings. The van der Waals surface area contributed by atoms with Gasteiger partial charge in [-0.1, -0.05) is 29.8 Å². The van der Waals surface area contributed by atoms with Crippen LogP contribution in [0, 0.1) is 0 Å². The van der Waals surface area contributed by atoms with Gasteiger partial charge in [0.2, 0.25) is 0 Å². The largest absolute Gasteiger partial charge is 0.368 e. The minimum absolute atomic E-state index is 0.372. The number of rotatable bonds is 3. The molecular weight excluding hydrogens is 284 g/mol. The Balaban J connectivity index is 1.68. The smallest absolute Gasteiger partial charge is 0.129 e. The van der Waals surface area contributed by atoms with Crippen LogP contribution in [0.5, 0.6) is 0 Å². The number of nitrogens with zero attached hydrogens (tertiary/aromatic N) is 3. The first-order chi connectivity index (χ1) is 10.3. The summed E-state index contributed by atoms with van der Waals surface area (Å²) in [6.07, 6.45) is 0. The SMILES string of the molecule is NCc1nc(N2CCN(c3ccccc3)CC2)ccc1Cl. The van der Waals surface area contributed by atoms with Gasteiger partial charge in [-0.25, -0.2) is 4.98 Å². The predicted molar refractivity (Wildman–Crippen MR) is 88.0 cm³/mol. The molecule has 0 saturated carbocycles. The summed E-state index contributed by atoms with van der Waals surface area (Å²) in [7, 11) is 0. The monoisotopic (exact) mass is 302 g/mol. The average Bonchev–Trinajstić information content (AvgIpc) is 2.56. The molecule has 4 nitrogen and oxygen atoms in total. The zero-order chi connectivity index (χ0) is 14.7. The molecule has 0 amide bonds. The Morgan fingerprint density at radius 3 is 2.29 bits per heavy atom. The molecule has 0 atom stereocenters. The molecule has 1 aromatic carbocycles. The van der Waals surface area contributed by atoms with Crippen molar-refractivity contribution in [3.8, 4) is 0 Å². The van der Waals surface area contributed by atoms with E-state index in [0.29, 0.717) is 11.6 Å². The van der Waals surface area contributed by atoms with E-state index in [2.05, 4.69) is 39.0 Å². The number of aromatic nitrogens is 1. The van der Waals surface area contributed by atoms with Gasteiger partial charge in [0.1, 0.15) is 5.82 Å². The summed E-state index contributed by atoms with van der Waals surface area (Å²) in [5.74, 6) is 0.965. The van der Waals surface area contributed by atoms with Gasteiger partial charge in [0.15, 0.2) is 0 Å². The van der Waals surface area contributed by atoms with Crippen molar-refractivity contribution >= 4 is 23.1 Å². The summed E-state index contributed by atoms with van der Waals surface area (Å²) < 4.78 is 0. The van der Waals surface area contributed by atoms with E-state index in [1.165, 1.54) is 5.69 Å². The second kappa shape index (κ2) is 6.33. The van der Waals surface area contributed by atoms with Crippen LogP contribution in [0.2, 0.25) is 5.02 Å². The van der Waals surface area contributed by atoms with Gasteiger partial charge in [-0.05, 0) is 24.3 Å². The Morgan fingerprint density at radius 2 is 1.62 bits per heavy atom. The summed E-state index contributed by atoms with van der Waals surface area (Å²) in [5, 5.41) is 0.643. The van der Waals surface area contributed by atoms with Crippen LogP contribution < -0.4 is 15.5 Å². The third-order valence-electron chi connectivity index (χ3n) is 3.82.